The average Bonchev–Trinajstić information content (AvgIpc) is 3.42. The molecule has 2 aliphatic carbocycles. The van der Waals surface area contributed by atoms with E-state index >= 15 is 0 Å². The number of carbonyl (C=O) groups is 2. The molecule has 2 amide bonds. The van der Waals surface area contributed by atoms with Gasteiger partial charge in [0.2, 0.25) is 18.6 Å². The van der Waals surface area contributed by atoms with E-state index in [0.29, 0.717) is 12.2 Å². The van der Waals surface area contributed by atoms with Gasteiger partial charge in [-0.1, -0.05) is 6.07 Å². The number of benzene rings is 1. The van der Waals surface area contributed by atoms with Crippen LogP contribution in [0.5, 0.6) is 11.5 Å². The highest BCUT2D eigenvalue weighted by atomic mass is 16.7. The number of aromatic nitrogens is 2. The molecule has 0 radical (unpaired) electrons. The van der Waals surface area contributed by atoms with Crippen molar-refractivity contribution in [1.82, 2.24) is 20.8 Å². The largest absolute Gasteiger partial charge is 0.454 e. The van der Waals surface area contributed by atoms with Gasteiger partial charge in [0.15, 0.2) is 11.5 Å². The van der Waals surface area contributed by atoms with Gasteiger partial charge in [-0.25, -0.2) is 0 Å². The van der Waals surface area contributed by atoms with Crippen LogP contribution in [0.1, 0.15) is 48.9 Å². The SMILES string of the molecule is O=C(Cc1ccc2c(c1)OCO2)NC1CCC(C(=O)NC2CCc3cn[nH]c3C2)CC1. The van der Waals surface area contributed by atoms with Crippen LogP contribution in [0.2, 0.25) is 0 Å². The Morgan fingerprint density at radius 2 is 1.87 bits per heavy atom. The molecule has 1 saturated carbocycles. The molecule has 1 aliphatic heterocycles. The lowest BCUT2D eigenvalue weighted by molar-refractivity contribution is -0.127. The maximum atomic E-state index is 12.7. The number of ether oxygens (including phenoxy) is 2. The van der Waals surface area contributed by atoms with Crippen molar-refractivity contribution in [2.75, 3.05) is 6.79 Å². The van der Waals surface area contributed by atoms with Crippen molar-refractivity contribution in [3.63, 3.8) is 0 Å². The number of aromatic amines is 1. The second-order valence-corrected chi connectivity index (χ2v) is 8.80. The molecule has 3 aliphatic rings. The number of hydrogen-bond acceptors (Lipinski definition) is 5. The second-order valence-electron chi connectivity index (χ2n) is 8.80. The number of nitrogens with one attached hydrogen (secondary N) is 3. The summed E-state index contributed by atoms with van der Waals surface area (Å²) in [7, 11) is 0. The van der Waals surface area contributed by atoms with Gasteiger partial charge in [0.05, 0.1) is 12.6 Å². The topological polar surface area (TPSA) is 105 Å². The monoisotopic (exact) mass is 424 g/mol. The van der Waals surface area contributed by atoms with Crippen LogP contribution in [0.4, 0.5) is 0 Å². The highest BCUT2D eigenvalue weighted by Gasteiger charge is 2.29. The van der Waals surface area contributed by atoms with Gasteiger partial charge in [0.25, 0.3) is 0 Å². The van der Waals surface area contributed by atoms with Gasteiger partial charge in [0, 0.05) is 30.1 Å². The van der Waals surface area contributed by atoms with Crippen LogP contribution in [-0.4, -0.2) is 40.9 Å². The number of nitrogens with zero attached hydrogens (tertiary/aromatic N) is 1. The van der Waals surface area contributed by atoms with E-state index in [1.807, 2.05) is 24.4 Å². The molecule has 1 atom stereocenters. The van der Waals surface area contributed by atoms with Gasteiger partial charge < -0.3 is 20.1 Å². The molecule has 0 bridgehead atoms. The summed E-state index contributed by atoms with van der Waals surface area (Å²) in [6.07, 6.45) is 8.23. The molecule has 2 heterocycles. The summed E-state index contributed by atoms with van der Waals surface area (Å²) in [5.41, 5.74) is 3.32. The number of fused-ring (bicyclic) bond motifs is 2. The van der Waals surface area contributed by atoms with Crippen LogP contribution in [0.3, 0.4) is 0 Å². The second kappa shape index (κ2) is 8.61. The first-order valence-electron chi connectivity index (χ1n) is 11.1. The lowest BCUT2D eigenvalue weighted by Crippen LogP contribution is -2.45. The molecule has 5 rings (SSSR count). The standard InChI is InChI=1S/C23H28N4O4/c28-22(10-14-1-8-20-21(9-14)31-13-30-20)25-17-5-2-15(3-6-17)23(29)26-18-7-4-16-12-24-27-19(16)11-18/h1,8-9,12,15,17-18H,2-7,10-11,13H2,(H,24,27)(H,25,28)(H,26,29). The lowest BCUT2D eigenvalue weighted by Gasteiger charge is -2.30. The first-order valence-corrected chi connectivity index (χ1v) is 11.1. The smallest absolute Gasteiger partial charge is 0.231 e. The fraction of sp³-hybridized carbons (Fsp3) is 0.522. The molecule has 8 nitrogen and oxygen atoms in total. The van der Waals surface area contributed by atoms with Crippen LogP contribution in [0.15, 0.2) is 24.4 Å². The Kier molecular flexibility index (Phi) is 5.53. The van der Waals surface area contributed by atoms with E-state index in [2.05, 4.69) is 20.8 Å². The Morgan fingerprint density at radius 3 is 2.74 bits per heavy atom. The first-order chi connectivity index (χ1) is 15.1. The average molecular weight is 425 g/mol. The first kappa shape index (κ1) is 19.9. The molecule has 1 aromatic heterocycles. The number of hydrogen-bond donors (Lipinski definition) is 3. The Morgan fingerprint density at radius 1 is 1.03 bits per heavy atom. The molecule has 2 aromatic rings. The zero-order valence-electron chi connectivity index (χ0n) is 17.5. The van der Waals surface area contributed by atoms with Gasteiger partial charge in [-0.3, -0.25) is 14.7 Å². The molecular formula is C23H28N4O4. The maximum absolute atomic E-state index is 12.7. The molecule has 31 heavy (non-hydrogen) atoms. The predicted molar refractivity (Wildman–Crippen MR) is 113 cm³/mol. The quantitative estimate of drug-likeness (QED) is 0.681. The number of amides is 2. The zero-order chi connectivity index (χ0) is 21.2. The summed E-state index contributed by atoms with van der Waals surface area (Å²) in [6, 6.07) is 5.91. The number of carbonyl (C=O) groups excluding carboxylic acids is 2. The van der Waals surface area contributed by atoms with Gasteiger partial charge in [-0.15, -0.1) is 0 Å². The number of aryl methyl sites for hydroxylation is 1. The van der Waals surface area contributed by atoms with Crippen LogP contribution in [0, 0.1) is 5.92 Å². The molecule has 1 fully saturated rings. The van der Waals surface area contributed by atoms with Crippen molar-refractivity contribution in [3.05, 3.63) is 41.2 Å². The minimum Gasteiger partial charge on any atom is -0.454 e. The van der Waals surface area contributed by atoms with Gasteiger partial charge in [-0.05, 0) is 61.8 Å². The summed E-state index contributed by atoms with van der Waals surface area (Å²) in [5.74, 6) is 1.60. The zero-order valence-corrected chi connectivity index (χ0v) is 17.5. The molecule has 164 valence electrons. The summed E-state index contributed by atoms with van der Waals surface area (Å²) in [4.78, 5) is 25.2. The van der Waals surface area contributed by atoms with E-state index in [9.17, 15) is 9.59 Å². The minimum atomic E-state index is 0.00401. The molecule has 0 saturated heterocycles. The fourth-order valence-corrected chi connectivity index (χ4v) is 4.87. The van der Waals surface area contributed by atoms with Crippen molar-refractivity contribution >= 4 is 11.8 Å². The van der Waals surface area contributed by atoms with E-state index in [4.69, 9.17) is 9.47 Å². The molecular weight excluding hydrogens is 396 g/mol. The van der Waals surface area contributed by atoms with Crippen molar-refractivity contribution < 1.29 is 19.1 Å². The van der Waals surface area contributed by atoms with Crippen molar-refractivity contribution in [2.45, 2.75) is 63.5 Å². The molecule has 3 N–H and O–H groups in total. The highest BCUT2D eigenvalue weighted by Crippen LogP contribution is 2.32. The van der Waals surface area contributed by atoms with Gasteiger partial charge in [-0.2, -0.15) is 5.10 Å². The molecule has 0 spiro atoms. The van der Waals surface area contributed by atoms with Gasteiger partial charge >= 0.3 is 0 Å². The summed E-state index contributed by atoms with van der Waals surface area (Å²) >= 11 is 0. The van der Waals surface area contributed by atoms with E-state index in [-0.39, 0.29) is 36.6 Å². The van der Waals surface area contributed by atoms with E-state index in [1.165, 1.54) is 5.56 Å². The minimum absolute atomic E-state index is 0.00401. The predicted octanol–water partition coefficient (Wildman–Crippen LogP) is 2.03. The number of rotatable bonds is 5. The van der Waals surface area contributed by atoms with Crippen molar-refractivity contribution in [3.8, 4) is 11.5 Å². The van der Waals surface area contributed by atoms with Crippen molar-refractivity contribution in [1.29, 1.82) is 0 Å². The maximum Gasteiger partial charge on any atom is 0.231 e. The fourth-order valence-electron chi connectivity index (χ4n) is 4.87. The third-order valence-electron chi connectivity index (χ3n) is 6.63. The highest BCUT2D eigenvalue weighted by molar-refractivity contribution is 5.80. The van der Waals surface area contributed by atoms with Crippen LogP contribution in [0.25, 0.3) is 0 Å². The number of H-pyrrole nitrogens is 1. The summed E-state index contributed by atoms with van der Waals surface area (Å²) in [5, 5.41) is 13.5. The van der Waals surface area contributed by atoms with Crippen LogP contribution in [-0.2, 0) is 28.9 Å². The van der Waals surface area contributed by atoms with Crippen molar-refractivity contribution in [2.24, 2.45) is 5.92 Å². The van der Waals surface area contributed by atoms with Crippen LogP contribution >= 0.6 is 0 Å². The van der Waals surface area contributed by atoms with E-state index < -0.39 is 0 Å². The molecule has 8 heteroatoms. The third kappa shape index (κ3) is 4.52. The Bertz CT molecular complexity index is 964. The van der Waals surface area contributed by atoms with Crippen LogP contribution < -0.4 is 20.1 Å². The summed E-state index contributed by atoms with van der Waals surface area (Å²) in [6.45, 7) is 0.229. The van der Waals surface area contributed by atoms with E-state index in [0.717, 1.165) is 62.0 Å². The Balaban J connectivity index is 1.06. The lowest BCUT2D eigenvalue weighted by atomic mass is 9.84. The molecule has 1 aromatic carbocycles. The Hall–Kier alpha value is -3.03. The summed E-state index contributed by atoms with van der Waals surface area (Å²) < 4.78 is 10.7. The van der Waals surface area contributed by atoms with E-state index in [1.54, 1.807) is 0 Å². The Labute approximate surface area is 181 Å². The third-order valence-corrected chi connectivity index (χ3v) is 6.63. The molecule has 1 unspecified atom stereocenters. The van der Waals surface area contributed by atoms with Gasteiger partial charge in [0.1, 0.15) is 0 Å². The normalized spacial score (nSPS) is 24.3.